The van der Waals surface area contributed by atoms with Gasteiger partial charge in [0, 0.05) is 30.7 Å². The van der Waals surface area contributed by atoms with E-state index in [9.17, 15) is 4.79 Å². The van der Waals surface area contributed by atoms with E-state index in [4.69, 9.17) is 4.74 Å². The first-order valence-corrected chi connectivity index (χ1v) is 8.28. The third kappa shape index (κ3) is 3.28. The molecule has 2 heterocycles. The Balaban J connectivity index is 1.89. The molecule has 0 aromatic heterocycles. The quantitative estimate of drug-likeness (QED) is 0.831. The molecule has 18 heavy (non-hydrogen) atoms. The predicted octanol–water partition coefficient (Wildman–Crippen LogP) is 2.10. The topological polar surface area (TPSA) is 38.3 Å². The second-order valence-electron chi connectivity index (χ2n) is 5.63. The monoisotopic (exact) mass is 271 g/mol. The first kappa shape index (κ1) is 14.4. The van der Waals surface area contributed by atoms with Gasteiger partial charge in [0.25, 0.3) is 0 Å². The van der Waals surface area contributed by atoms with Crippen molar-refractivity contribution in [3.63, 3.8) is 0 Å². The lowest BCUT2D eigenvalue weighted by Gasteiger charge is -2.37. The minimum atomic E-state index is 0.0289. The largest absolute Gasteiger partial charge is 0.374 e. The van der Waals surface area contributed by atoms with E-state index in [1.165, 1.54) is 5.75 Å². The van der Waals surface area contributed by atoms with E-state index in [0.29, 0.717) is 5.78 Å². The van der Waals surface area contributed by atoms with Gasteiger partial charge in [0.1, 0.15) is 5.78 Å². The number of ketones is 1. The number of rotatable bonds is 5. The number of nitrogens with one attached hydrogen (secondary N) is 1. The number of hydrogen-bond acceptors (Lipinski definition) is 4. The summed E-state index contributed by atoms with van der Waals surface area (Å²) in [6, 6.07) is 0. The fourth-order valence-corrected chi connectivity index (χ4v) is 4.38. The van der Waals surface area contributed by atoms with Gasteiger partial charge in [-0.3, -0.25) is 4.79 Å². The van der Waals surface area contributed by atoms with Crippen LogP contribution in [0.5, 0.6) is 0 Å². The van der Waals surface area contributed by atoms with Crippen molar-refractivity contribution in [2.45, 2.75) is 38.7 Å². The lowest BCUT2D eigenvalue weighted by molar-refractivity contribution is -0.137. The van der Waals surface area contributed by atoms with E-state index in [0.717, 1.165) is 44.7 Å². The van der Waals surface area contributed by atoms with Crippen molar-refractivity contribution < 1.29 is 9.53 Å². The van der Waals surface area contributed by atoms with Gasteiger partial charge < -0.3 is 10.1 Å². The second-order valence-corrected chi connectivity index (χ2v) is 6.74. The van der Waals surface area contributed by atoms with E-state index in [2.05, 4.69) is 19.2 Å². The van der Waals surface area contributed by atoms with Gasteiger partial charge in [-0.2, -0.15) is 11.8 Å². The summed E-state index contributed by atoms with van der Waals surface area (Å²) >= 11 is 1.97. The van der Waals surface area contributed by atoms with Crippen LogP contribution in [0.2, 0.25) is 0 Å². The van der Waals surface area contributed by atoms with Gasteiger partial charge in [-0.05, 0) is 31.6 Å². The predicted molar refractivity (Wildman–Crippen MR) is 76.1 cm³/mol. The molecule has 2 aliphatic heterocycles. The van der Waals surface area contributed by atoms with Crippen LogP contribution in [0.1, 0.15) is 33.1 Å². The summed E-state index contributed by atoms with van der Waals surface area (Å²) in [5, 5.41) is 3.27. The van der Waals surface area contributed by atoms with Crippen LogP contribution >= 0.6 is 11.8 Å². The first-order chi connectivity index (χ1) is 8.67. The highest BCUT2D eigenvalue weighted by atomic mass is 32.2. The van der Waals surface area contributed by atoms with Gasteiger partial charge in [-0.1, -0.05) is 13.8 Å². The zero-order valence-electron chi connectivity index (χ0n) is 11.5. The van der Waals surface area contributed by atoms with E-state index in [-0.39, 0.29) is 17.4 Å². The summed E-state index contributed by atoms with van der Waals surface area (Å²) in [7, 11) is 0. The van der Waals surface area contributed by atoms with Gasteiger partial charge in [-0.25, -0.2) is 0 Å². The van der Waals surface area contributed by atoms with E-state index >= 15 is 0 Å². The molecule has 0 radical (unpaired) electrons. The molecule has 2 rings (SSSR count). The normalized spacial score (nSPS) is 33.8. The molecule has 1 spiro atoms. The second kappa shape index (κ2) is 6.40. The van der Waals surface area contributed by atoms with Crippen LogP contribution in [-0.4, -0.2) is 42.6 Å². The van der Waals surface area contributed by atoms with Crippen molar-refractivity contribution >= 4 is 17.5 Å². The molecule has 2 saturated heterocycles. The van der Waals surface area contributed by atoms with Crippen LogP contribution < -0.4 is 5.32 Å². The molecule has 2 fully saturated rings. The Bertz CT molecular complexity index is 290. The van der Waals surface area contributed by atoms with Crippen molar-refractivity contribution in [1.29, 1.82) is 0 Å². The lowest BCUT2D eigenvalue weighted by atomic mass is 9.80. The van der Waals surface area contributed by atoms with E-state index < -0.39 is 0 Å². The summed E-state index contributed by atoms with van der Waals surface area (Å²) in [5.74, 6) is 3.08. The van der Waals surface area contributed by atoms with Crippen LogP contribution in [0.4, 0.5) is 0 Å². The molecule has 3 nitrogen and oxygen atoms in total. The molecule has 3 atom stereocenters. The number of carbonyl (C=O) groups excluding carboxylic acids is 1. The van der Waals surface area contributed by atoms with Crippen LogP contribution in [0.25, 0.3) is 0 Å². The average molecular weight is 271 g/mol. The highest BCUT2D eigenvalue weighted by molar-refractivity contribution is 7.99. The highest BCUT2D eigenvalue weighted by Gasteiger charge is 2.42. The lowest BCUT2D eigenvalue weighted by Crippen LogP contribution is -2.44. The number of Topliss-reactive ketones (excluding diaryl/α,β-unsaturated/α-hetero) is 1. The average Bonchev–Trinajstić information content (AvgIpc) is 2.83. The summed E-state index contributed by atoms with van der Waals surface area (Å²) in [6.07, 6.45) is 3.00. The van der Waals surface area contributed by atoms with Crippen LogP contribution in [0, 0.1) is 11.8 Å². The fourth-order valence-electron chi connectivity index (χ4n) is 3.00. The molecule has 104 valence electrons. The van der Waals surface area contributed by atoms with Crippen molar-refractivity contribution in [2.24, 2.45) is 11.8 Å². The molecular weight excluding hydrogens is 246 g/mol. The van der Waals surface area contributed by atoms with Crippen molar-refractivity contribution in [1.82, 2.24) is 5.32 Å². The SMILES string of the molecule is CCNCC(C)C(=O)C1CCOC2(CCSC2)C1. The molecule has 0 bridgehead atoms. The molecule has 0 aromatic carbocycles. The maximum atomic E-state index is 12.4. The standard InChI is InChI=1S/C14H25NO2S/c1-3-15-9-11(2)13(16)12-4-6-17-14(8-12)5-7-18-10-14/h11-12,15H,3-10H2,1-2H3. The van der Waals surface area contributed by atoms with Gasteiger partial charge in [0.05, 0.1) is 5.60 Å². The molecular formula is C14H25NO2S. The van der Waals surface area contributed by atoms with Crippen molar-refractivity contribution in [3.8, 4) is 0 Å². The Hall–Kier alpha value is -0.0600. The van der Waals surface area contributed by atoms with Gasteiger partial charge in [-0.15, -0.1) is 0 Å². The maximum absolute atomic E-state index is 12.4. The third-order valence-corrected chi connectivity index (χ3v) is 5.37. The highest BCUT2D eigenvalue weighted by Crippen LogP contribution is 2.41. The van der Waals surface area contributed by atoms with Crippen LogP contribution in [0.3, 0.4) is 0 Å². The minimum absolute atomic E-state index is 0.0289. The molecule has 4 heteroatoms. The Kier molecular flexibility index (Phi) is 5.10. The van der Waals surface area contributed by atoms with E-state index in [1.807, 2.05) is 11.8 Å². The Morgan fingerprint density at radius 2 is 2.44 bits per heavy atom. The molecule has 0 aromatic rings. The molecule has 2 aliphatic rings. The van der Waals surface area contributed by atoms with Crippen molar-refractivity contribution in [2.75, 3.05) is 31.2 Å². The fraction of sp³-hybridized carbons (Fsp3) is 0.929. The third-order valence-electron chi connectivity index (χ3n) is 4.15. The Morgan fingerprint density at radius 3 is 3.11 bits per heavy atom. The molecule has 0 aliphatic carbocycles. The number of hydrogen-bond donors (Lipinski definition) is 1. The molecule has 0 saturated carbocycles. The minimum Gasteiger partial charge on any atom is -0.374 e. The van der Waals surface area contributed by atoms with Gasteiger partial charge in [0.2, 0.25) is 0 Å². The number of ether oxygens (including phenoxy) is 1. The molecule has 1 N–H and O–H groups in total. The zero-order valence-corrected chi connectivity index (χ0v) is 12.4. The van der Waals surface area contributed by atoms with Gasteiger partial charge >= 0.3 is 0 Å². The number of thioether (sulfide) groups is 1. The molecule has 0 amide bonds. The van der Waals surface area contributed by atoms with Gasteiger partial charge in [0.15, 0.2) is 0 Å². The summed E-state index contributed by atoms with van der Waals surface area (Å²) in [5.41, 5.74) is 0.0289. The first-order valence-electron chi connectivity index (χ1n) is 7.13. The summed E-state index contributed by atoms with van der Waals surface area (Å²) in [4.78, 5) is 12.4. The number of carbonyl (C=O) groups is 1. The van der Waals surface area contributed by atoms with Crippen molar-refractivity contribution in [3.05, 3.63) is 0 Å². The Morgan fingerprint density at radius 1 is 1.61 bits per heavy atom. The maximum Gasteiger partial charge on any atom is 0.140 e. The summed E-state index contributed by atoms with van der Waals surface area (Å²) < 4.78 is 5.98. The smallest absolute Gasteiger partial charge is 0.140 e. The van der Waals surface area contributed by atoms with E-state index in [1.54, 1.807) is 0 Å². The zero-order chi connectivity index (χ0) is 13.0. The molecule has 3 unspecified atom stereocenters. The van der Waals surface area contributed by atoms with Crippen LogP contribution in [-0.2, 0) is 9.53 Å². The Labute approximate surface area is 114 Å². The summed E-state index contributed by atoms with van der Waals surface area (Å²) in [6.45, 7) is 6.65. The van der Waals surface area contributed by atoms with Crippen LogP contribution in [0.15, 0.2) is 0 Å².